The van der Waals surface area contributed by atoms with E-state index >= 15 is 0 Å². The quantitative estimate of drug-likeness (QED) is 0.538. The molecule has 0 bridgehead atoms. The fourth-order valence-electron chi connectivity index (χ4n) is 3.29. The minimum atomic E-state index is -0.0451. The molecule has 1 unspecified atom stereocenters. The molecule has 0 fully saturated rings. The summed E-state index contributed by atoms with van der Waals surface area (Å²) in [6.45, 7) is 2.74. The molecule has 0 N–H and O–H groups in total. The summed E-state index contributed by atoms with van der Waals surface area (Å²) in [5.74, 6) is 0.969. The highest BCUT2D eigenvalue weighted by atomic mass is 35.5. The van der Waals surface area contributed by atoms with Gasteiger partial charge in [0.1, 0.15) is 0 Å². The van der Waals surface area contributed by atoms with E-state index in [9.17, 15) is 4.79 Å². The Labute approximate surface area is 178 Å². The molecule has 1 atom stereocenters. The van der Waals surface area contributed by atoms with Crippen molar-refractivity contribution in [3.8, 4) is 11.4 Å². The predicted molar refractivity (Wildman–Crippen MR) is 116 cm³/mol. The van der Waals surface area contributed by atoms with Crippen molar-refractivity contribution in [2.75, 3.05) is 5.75 Å². The molecule has 0 radical (unpaired) electrons. The lowest BCUT2D eigenvalue weighted by atomic mass is 10.0. The molecule has 1 amide bonds. The van der Waals surface area contributed by atoms with Crippen molar-refractivity contribution >= 4 is 35.5 Å². The van der Waals surface area contributed by atoms with Crippen LogP contribution in [0.25, 0.3) is 11.4 Å². The molecule has 3 aromatic rings. The highest BCUT2D eigenvalue weighted by Crippen LogP contribution is 2.30. The van der Waals surface area contributed by atoms with Crippen molar-refractivity contribution in [3.63, 3.8) is 0 Å². The number of carbonyl (C=O) groups is 1. The van der Waals surface area contributed by atoms with Crippen LogP contribution in [0.3, 0.4) is 0 Å². The lowest BCUT2D eigenvalue weighted by Crippen LogP contribution is -2.28. The Hall–Kier alpha value is -2.64. The van der Waals surface area contributed by atoms with Crippen LogP contribution < -0.4 is 0 Å². The summed E-state index contributed by atoms with van der Waals surface area (Å²) in [7, 11) is 0. The van der Waals surface area contributed by atoms with Gasteiger partial charge < -0.3 is 4.57 Å². The van der Waals surface area contributed by atoms with Gasteiger partial charge in [0.25, 0.3) is 5.91 Å². The van der Waals surface area contributed by atoms with Crippen molar-refractivity contribution < 1.29 is 4.79 Å². The second kappa shape index (κ2) is 8.80. The van der Waals surface area contributed by atoms with Crippen LogP contribution in [0.15, 0.2) is 64.9 Å². The smallest absolute Gasteiger partial charge is 0.253 e. The number of benzene rings is 2. The SMILES string of the molecule is CCn1c(SCC(=O)N2N=CCC2c2ccccc2)nnc1-c1ccc(Cl)cc1. The largest absolute Gasteiger partial charge is 0.302 e. The van der Waals surface area contributed by atoms with E-state index in [1.807, 2.05) is 66.1 Å². The summed E-state index contributed by atoms with van der Waals surface area (Å²) in [4.78, 5) is 12.8. The Morgan fingerprint density at radius 2 is 1.90 bits per heavy atom. The van der Waals surface area contributed by atoms with Gasteiger partial charge in [0.2, 0.25) is 0 Å². The van der Waals surface area contributed by atoms with E-state index in [2.05, 4.69) is 15.3 Å². The number of nitrogens with zero attached hydrogens (tertiary/aromatic N) is 5. The molecule has 29 heavy (non-hydrogen) atoms. The van der Waals surface area contributed by atoms with E-state index in [1.165, 1.54) is 11.8 Å². The first kappa shape index (κ1) is 19.7. The minimum absolute atomic E-state index is 0.0435. The zero-order valence-corrected chi connectivity index (χ0v) is 17.5. The summed E-state index contributed by atoms with van der Waals surface area (Å²) >= 11 is 7.36. The van der Waals surface area contributed by atoms with Gasteiger partial charge in [0.15, 0.2) is 11.0 Å². The standard InChI is InChI=1S/C21H20ClN5OS/c1-2-26-20(16-8-10-17(22)11-9-16)24-25-21(26)29-14-19(28)27-18(12-13-23-27)15-6-4-3-5-7-15/h3-11,13,18H,2,12,14H2,1H3. The van der Waals surface area contributed by atoms with E-state index in [0.717, 1.165) is 23.4 Å². The zero-order valence-electron chi connectivity index (χ0n) is 15.9. The van der Waals surface area contributed by atoms with Gasteiger partial charge >= 0.3 is 0 Å². The summed E-state index contributed by atoms with van der Waals surface area (Å²) in [5.41, 5.74) is 2.03. The molecular weight excluding hydrogens is 406 g/mol. The average molecular weight is 426 g/mol. The summed E-state index contributed by atoms with van der Waals surface area (Å²) < 4.78 is 2.00. The summed E-state index contributed by atoms with van der Waals surface area (Å²) in [5, 5.41) is 15.9. The fourth-order valence-corrected chi connectivity index (χ4v) is 4.27. The molecule has 1 aliphatic rings. The Morgan fingerprint density at radius 3 is 2.62 bits per heavy atom. The lowest BCUT2D eigenvalue weighted by Gasteiger charge is -2.22. The number of thioether (sulfide) groups is 1. The minimum Gasteiger partial charge on any atom is -0.302 e. The van der Waals surface area contributed by atoms with E-state index in [0.29, 0.717) is 16.7 Å². The van der Waals surface area contributed by atoms with E-state index in [1.54, 1.807) is 11.2 Å². The molecular formula is C21H20ClN5OS. The summed E-state index contributed by atoms with van der Waals surface area (Å²) in [6.07, 6.45) is 2.53. The van der Waals surface area contributed by atoms with Crippen LogP contribution in [0.5, 0.6) is 0 Å². The van der Waals surface area contributed by atoms with Crippen molar-refractivity contribution in [1.82, 2.24) is 19.8 Å². The van der Waals surface area contributed by atoms with Crippen LogP contribution >= 0.6 is 23.4 Å². The van der Waals surface area contributed by atoms with Crippen molar-refractivity contribution in [1.29, 1.82) is 0 Å². The van der Waals surface area contributed by atoms with Gasteiger partial charge in [-0.25, -0.2) is 5.01 Å². The third kappa shape index (κ3) is 4.21. The fraction of sp³-hybridized carbons (Fsp3) is 0.238. The topological polar surface area (TPSA) is 63.4 Å². The number of aromatic nitrogens is 3. The average Bonchev–Trinajstić information content (AvgIpc) is 3.40. The normalized spacial score (nSPS) is 15.8. The predicted octanol–water partition coefficient (Wildman–Crippen LogP) is 4.67. The van der Waals surface area contributed by atoms with Crippen LogP contribution in [0.2, 0.25) is 5.02 Å². The van der Waals surface area contributed by atoms with Crippen molar-refractivity contribution in [2.24, 2.45) is 5.10 Å². The molecule has 1 aliphatic heterocycles. The van der Waals surface area contributed by atoms with Crippen molar-refractivity contribution in [3.05, 3.63) is 65.2 Å². The Bertz CT molecular complexity index is 1020. The molecule has 0 saturated heterocycles. The maximum Gasteiger partial charge on any atom is 0.253 e. The van der Waals surface area contributed by atoms with Crippen LogP contribution in [-0.4, -0.2) is 37.6 Å². The van der Waals surface area contributed by atoms with E-state index in [-0.39, 0.29) is 17.7 Å². The number of carbonyl (C=O) groups excluding carboxylic acids is 1. The first-order valence-electron chi connectivity index (χ1n) is 9.38. The molecule has 0 saturated carbocycles. The van der Waals surface area contributed by atoms with Gasteiger partial charge in [-0.05, 0) is 36.8 Å². The Kier molecular flexibility index (Phi) is 5.97. The molecule has 0 aliphatic carbocycles. The molecule has 1 aromatic heterocycles. The second-order valence-corrected chi connectivity index (χ2v) is 7.92. The van der Waals surface area contributed by atoms with Crippen LogP contribution in [-0.2, 0) is 11.3 Å². The second-order valence-electron chi connectivity index (χ2n) is 6.54. The van der Waals surface area contributed by atoms with E-state index in [4.69, 9.17) is 11.6 Å². The Balaban J connectivity index is 1.47. The van der Waals surface area contributed by atoms with Crippen LogP contribution in [0.4, 0.5) is 0 Å². The number of rotatable bonds is 6. The molecule has 0 spiro atoms. The molecule has 148 valence electrons. The molecule has 2 aromatic carbocycles. The van der Waals surface area contributed by atoms with Gasteiger partial charge in [-0.1, -0.05) is 53.7 Å². The number of amides is 1. The molecule has 4 rings (SSSR count). The molecule has 2 heterocycles. The van der Waals surface area contributed by atoms with Gasteiger partial charge in [-0.2, -0.15) is 5.10 Å². The zero-order chi connectivity index (χ0) is 20.2. The maximum atomic E-state index is 12.8. The highest BCUT2D eigenvalue weighted by Gasteiger charge is 2.28. The van der Waals surface area contributed by atoms with E-state index < -0.39 is 0 Å². The number of hydrazone groups is 1. The highest BCUT2D eigenvalue weighted by molar-refractivity contribution is 7.99. The van der Waals surface area contributed by atoms with Crippen LogP contribution in [0, 0.1) is 0 Å². The number of hydrogen-bond acceptors (Lipinski definition) is 5. The maximum absolute atomic E-state index is 12.8. The number of hydrogen-bond donors (Lipinski definition) is 0. The van der Waals surface area contributed by atoms with Crippen LogP contribution in [0.1, 0.15) is 24.9 Å². The first-order chi connectivity index (χ1) is 14.2. The van der Waals surface area contributed by atoms with Crippen molar-refractivity contribution in [2.45, 2.75) is 31.1 Å². The third-order valence-electron chi connectivity index (χ3n) is 4.73. The number of halogens is 1. The lowest BCUT2D eigenvalue weighted by molar-refractivity contribution is -0.130. The first-order valence-corrected chi connectivity index (χ1v) is 10.7. The summed E-state index contributed by atoms with van der Waals surface area (Å²) in [6, 6.07) is 17.4. The Morgan fingerprint density at radius 1 is 1.14 bits per heavy atom. The molecule has 8 heteroatoms. The monoisotopic (exact) mass is 425 g/mol. The molecule has 6 nitrogen and oxygen atoms in total. The third-order valence-corrected chi connectivity index (χ3v) is 5.93. The van der Waals surface area contributed by atoms with Gasteiger partial charge in [-0.15, -0.1) is 10.2 Å². The van der Waals surface area contributed by atoms with Gasteiger partial charge in [-0.3, -0.25) is 4.79 Å². The van der Waals surface area contributed by atoms with Gasteiger partial charge in [0.05, 0.1) is 11.8 Å². The van der Waals surface area contributed by atoms with Gasteiger partial charge in [0, 0.05) is 29.8 Å².